The lowest BCUT2D eigenvalue weighted by Gasteiger charge is -2.22. The van der Waals surface area contributed by atoms with Crippen molar-refractivity contribution in [1.82, 2.24) is 9.88 Å². The largest absolute Gasteiger partial charge is 0.504 e. The number of aromatic hydroxyl groups is 1. The van der Waals surface area contributed by atoms with Crippen LogP contribution in [0.3, 0.4) is 0 Å². The van der Waals surface area contributed by atoms with E-state index in [1.807, 2.05) is 11.9 Å². The Hall–Kier alpha value is -4.57. The molecule has 234 valence electrons. The predicted molar refractivity (Wildman–Crippen MR) is 152 cm³/mol. The number of aliphatic imine (C=N–C) groups is 1. The standard InChI is InChI=1S/C29H31F2N5O8/c1-3-40-29-22(39)23(19(13-37)43-29)44-24-20(30)27(41-16-6-4-5-15(11-16)26-34-9-10-36(26)2)35-28(21(24)31)42-18-12-14(25(32)33)7-8-17(18)38/h4-8,11-12,19,22-23,29,37-39H,3,9-10,13H2,1-2H3,(H3,32,33). The summed E-state index contributed by atoms with van der Waals surface area (Å²) in [5.41, 5.74) is 6.35. The highest BCUT2D eigenvalue weighted by Gasteiger charge is 2.47. The number of nitrogen functional groups attached to an aromatic ring is 1. The molecule has 5 rings (SSSR count). The Morgan fingerprint density at radius 2 is 1.91 bits per heavy atom. The van der Waals surface area contributed by atoms with Crippen LogP contribution in [0.15, 0.2) is 47.5 Å². The number of hydrogen-bond acceptors (Lipinski definition) is 12. The second-order valence-electron chi connectivity index (χ2n) is 9.89. The number of hydrogen-bond donors (Lipinski definition) is 5. The van der Waals surface area contributed by atoms with Crippen LogP contribution < -0.4 is 19.9 Å². The molecule has 0 amide bonds. The van der Waals surface area contributed by atoms with Crippen molar-refractivity contribution in [3.8, 4) is 34.8 Å². The molecule has 4 unspecified atom stereocenters. The number of aliphatic hydroxyl groups is 2. The Morgan fingerprint density at radius 3 is 2.57 bits per heavy atom. The first-order chi connectivity index (χ1) is 21.1. The van der Waals surface area contributed by atoms with E-state index in [0.29, 0.717) is 17.9 Å². The molecule has 0 aliphatic carbocycles. The smallest absolute Gasteiger partial charge is 0.263 e. The molecule has 1 fully saturated rings. The van der Waals surface area contributed by atoms with E-state index in [2.05, 4.69) is 9.98 Å². The Morgan fingerprint density at radius 1 is 1.16 bits per heavy atom. The van der Waals surface area contributed by atoms with Crippen molar-refractivity contribution >= 4 is 11.7 Å². The number of pyridine rings is 1. The monoisotopic (exact) mass is 615 g/mol. The van der Waals surface area contributed by atoms with Gasteiger partial charge in [0, 0.05) is 31.3 Å². The number of nitrogens with two attached hydrogens (primary N) is 1. The van der Waals surface area contributed by atoms with E-state index < -0.39 is 66.1 Å². The van der Waals surface area contributed by atoms with Crippen LogP contribution in [0.1, 0.15) is 18.1 Å². The van der Waals surface area contributed by atoms with Crippen LogP contribution >= 0.6 is 0 Å². The number of benzene rings is 2. The fourth-order valence-electron chi connectivity index (χ4n) is 4.68. The number of nitrogens with one attached hydrogen (secondary N) is 1. The average Bonchev–Trinajstić information content (AvgIpc) is 3.57. The van der Waals surface area contributed by atoms with Gasteiger partial charge in [-0.3, -0.25) is 10.4 Å². The number of phenolic OH excluding ortho intramolecular Hbond substituents is 1. The summed E-state index contributed by atoms with van der Waals surface area (Å²) in [4.78, 5) is 10.3. The number of halogens is 2. The van der Waals surface area contributed by atoms with Crippen molar-refractivity contribution in [2.75, 3.05) is 33.4 Å². The maximum atomic E-state index is 16.0. The predicted octanol–water partition coefficient (Wildman–Crippen LogP) is 2.49. The first-order valence-electron chi connectivity index (χ1n) is 13.6. The second-order valence-corrected chi connectivity index (χ2v) is 9.89. The van der Waals surface area contributed by atoms with E-state index in [4.69, 9.17) is 34.8 Å². The molecule has 0 spiro atoms. The number of rotatable bonds is 11. The molecule has 1 saturated heterocycles. The van der Waals surface area contributed by atoms with Crippen molar-refractivity contribution < 1.29 is 47.8 Å². The van der Waals surface area contributed by atoms with Gasteiger partial charge in [-0.2, -0.15) is 13.8 Å². The molecule has 13 nitrogen and oxygen atoms in total. The lowest BCUT2D eigenvalue weighted by Crippen LogP contribution is -2.40. The molecule has 2 aliphatic rings. The molecule has 1 aromatic heterocycles. The van der Waals surface area contributed by atoms with E-state index in [1.54, 1.807) is 25.1 Å². The molecule has 4 atom stereocenters. The van der Waals surface area contributed by atoms with E-state index in [1.165, 1.54) is 18.2 Å². The number of aromatic nitrogens is 1. The molecule has 6 N–H and O–H groups in total. The second kappa shape index (κ2) is 13.0. The third kappa shape index (κ3) is 6.21. The number of ether oxygens (including phenoxy) is 5. The van der Waals surface area contributed by atoms with Crippen molar-refractivity contribution in [1.29, 1.82) is 5.41 Å². The summed E-state index contributed by atoms with van der Waals surface area (Å²) >= 11 is 0. The van der Waals surface area contributed by atoms with Gasteiger partial charge in [0.2, 0.25) is 17.4 Å². The zero-order chi connectivity index (χ0) is 31.5. The van der Waals surface area contributed by atoms with Gasteiger partial charge in [-0.25, -0.2) is 0 Å². The van der Waals surface area contributed by atoms with Gasteiger partial charge in [0.25, 0.3) is 11.8 Å². The Balaban J connectivity index is 1.56. The highest BCUT2D eigenvalue weighted by atomic mass is 19.1. The topological polar surface area (TPSA) is 185 Å². The summed E-state index contributed by atoms with van der Waals surface area (Å²) in [6.45, 7) is 2.47. The fourth-order valence-corrected chi connectivity index (χ4v) is 4.68. The molecule has 2 aromatic carbocycles. The van der Waals surface area contributed by atoms with Crippen LogP contribution in [0, 0.1) is 17.0 Å². The number of nitrogens with zero attached hydrogens (tertiary/aromatic N) is 3. The van der Waals surface area contributed by atoms with Crippen LogP contribution in [-0.2, 0) is 9.47 Å². The quantitative estimate of drug-likeness (QED) is 0.158. The lowest BCUT2D eigenvalue weighted by molar-refractivity contribution is -0.166. The third-order valence-electron chi connectivity index (χ3n) is 6.88. The van der Waals surface area contributed by atoms with Crippen molar-refractivity contribution in [3.63, 3.8) is 0 Å². The molecule has 0 bridgehead atoms. The summed E-state index contributed by atoms with van der Waals surface area (Å²) in [6, 6.07) is 10.2. The van der Waals surface area contributed by atoms with Gasteiger partial charge >= 0.3 is 0 Å². The average molecular weight is 616 g/mol. The van der Waals surface area contributed by atoms with E-state index in [-0.39, 0.29) is 29.5 Å². The van der Waals surface area contributed by atoms with Gasteiger partial charge in [0.15, 0.2) is 23.9 Å². The molecule has 3 aromatic rings. The maximum Gasteiger partial charge on any atom is 0.263 e. The Kier molecular flexibility index (Phi) is 9.10. The van der Waals surface area contributed by atoms with Crippen LogP contribution in [0.5, 0.6) is 34.8 Å². The molecule has 0 radical (unpaired) electrons. The number of aliphatic hydroxyl groups excluding tert-OH is 2. The van der Waals surface area contributed by atoms with Crippen molar-refractivity contribution in [2.24, 2.45) is 10.7 Å². The molecule has 0 saturated carbocycles. The highest BCUT2D eigenvalue weighted by molar-refractivity contribution is 6.00. The molecule has 3 heterocycles. The Bertz CT molecular complexity index is 1570. The van der Waals surface area contributed by atoms with Crippen LogP contribution in [0.25, 0.3) is 0 Å². The van der Waals surface area contributed by atoms with Gasteiger partial charge in [-0.15, -0.1) is 0 Å². The minimum atomic E-state index is -1.54. The fraction of sp³-hybridized carbons (Fsp3) is 0.345. The van der Waals surface area contributed by atoms with Crippen molar-refractivity contribution in [2.45, 2.75) is 31.5 Å². The van der Waals surface area contributed by atoms with Gasteiger partial charge < -0.3 is 49.6 Å². The minimum absolute atomic E-state index is 0.121. The lowest BCUT2D eigenvalue weighted by atomic mass is 10.1. The zero-order valence-electron chi connectivity index (χ0n) is 23.7. The van der Waals surface area contributed by atoms with Gasteiger partial charge in [0.1, 0.15) is 29.6 Å². The first-order valence-corrected chi connectivity index (χ1v) is 13.6. The minimum Gasteiger partial charge on any atom is -0.504 e. The summed E-state index contributed by atoms with van der Waals surface area (Å²) in [6.07, 6.45) is -5.45. The molecular formula is C29H31F2N5O8. The summed E-state index contributed by atoms with van der Waals surface area (Å²) in [5, 5.41) is 38.5. The van der Waals surface area contributed by atoms with Crippen LogP contribution in [0.2, 0.25) is 0 Å². The van der Waals surface area contributed by atoms with Gasteiger partial charge in [-0.1, -0.05) is 12.1 Å². The maximum absolute atomic E-state index is 16.0. The van der Waals surface area contributed by atoms with Crippen LogP contribution in [0.4, 0.5) is 8.78 Å². The highest BCUT2D eigenvalue weighted by Crippen LogP contribution is 2.41. The summed E-state index contributed by atoms with van der Waals surface area (Å²) in [5.74, 6) is -5.91. The molecule has 15 heteroatoms. The van der Waals surface area contributed by atoms with Gasteiger partial charge in [0.05, 0.1) is 13.2 Å². The van der Waals surface area contributed by atoms with Gasteiger partial charge in [-0.05, 0) is 37.3 Å². The number of amidine groups is 2. The first kappa shape index (κ1) is 30.9. The Labute approximate surface area is 250 Å². The molecular weight excluding hydrogens is 584 g/mol. The molecule has 44 heavy (non-hydrogen) atoms. The van der Waals surface area contributed by atoms with E-state index in [0.717, 1.165) is 12.6 Å². The normalized spacial score (nSPS) is 21.3. The molecule has 2 aliphatic heterocycles. The van der Waals surface area contributed by atoms with E-state index in [9.17, 15) is 15.3 Å². The third-order valence-corrected chi connectivity index (χ3v) is 6.88. The van der Waals surface area contributed by atoms with Crippen LogP contribution in [-0.4, -0.2) is 94.8 Å². The number of phenols is 1. The number of likely N-dealkylation sites (N-methyl/N-ethyl adjacent to an activating group) is 1. The summed E-state index contributed by atoms with van der Waals surface area (Å²) in [7, 11) is 1.88. The van der Waals surface area contributed by atoms with E-state index >= 15 is 8.78 Å². The zero-order valence-corrected chi connectivity index (χ0v) is 23.7. The SMILES string of the molecule is CCOC1OC(CO)C(Oc2c(F)c(Oc3cccc(C4=NCCN4C)c3)nc(Oc3cc(C(=N)N)ccc3O)c2F)C1O. The summed E-state index contributed by atoms with van der Waals surface area (Å²) < 4.78 is 59.5. The van der Waals surface area contributed by atoms with Crippen molar-refractivity contribution in [3.05, 3.63) is 65.2 Å².